The van der Waals surface area contributed by atoms with Crippen molar-refractivity contribution in [3.8, 4) is 0 Å². The van der Waals surface area contributed by atoms with Crippen LogP contribution in [0.15, 0.2) is 28.7 Å². The predicted octanol–water partition coefficient (Wildman–Crippen LogP) is 1.69. The quantitative estimate of drug-likeness (QED) is 0.892. The number of nitrogens with zero attached hydrogens (tertiary/aromatic N) is 2. The van der Waals surface area contributed by atoms with Crippen LogP contribution in [-0.4, -0.2) is 25.4 Å². The normalized spacial score (nSPS) is 11.2. The minimum Gasteiger partial charge on any atom is -0.386 e. The van der Waals surface area contributed by atoms with Crippen molar-refractivity contribution >= 4 is 32.2 Å². The molecular formula is C10H12N4O2S2. The Hall–Kier alpha value is -1.67. The second-order valence-electron chi connectivity index (χ2n) is 3.51. The summed E-state index contributed by atoms with van der Waals surface area (Å²) in [6, 6.07) is 3.31. The molecular weight excluding hydrogens is 272 g/mol. The molecule has 0 amide bonds. The lowest BCUT2D eigenvalue weighted by Gasteiger charge is -2.08. The first-order chi connectivity index (χ1) is 8.53. The van der Waals surface area contributed by atoms with E-state index in [1.54, 1.807) is 31.5 Å². The summed E-state index contributed by atoms with van der Waals surface area (Å²) in [5, 5.41) is 4.86. The third-order valence-electron chi connectivity index (χ3n) is 2.14. The van der Waals surface area contributed by atoms with Crippen LogP contribution in [0.25, 0.3) is 0 Å². The number of hydrogen-bond donors (Lipinski definition) is 2. The summed E-state index contributed by atoms with van der Waals surface area (Å²) in [6.45, 7) is 1.80. The number of thiazole rings is 1. The van der Waals surface area contributed by atoms with Crippen molar-refractivity contribution in [1.82, 2.24) is 9.97 Å². The van der Waals surface area contributed by atoms with Crippen molar-refractivity contribution in [3.05, 3.63) is 29.4 Å². The van der Waals surface area contributed by atoms with Crippen molar-refractivity contribution in [2.45, 2.75) is 11.9 Å². The fraction of sp³-hybridized carbons (Fsp3) is 0.200. The average Bonchev–Trinajstić information content (AvgIpc) is 2.74. The maximum absolute atomic E-state index is 12.1. The van der Waals surface area contributed by atoms with E-state index in [2.05, 4.69) is 20.0 Å². The Balaban J connectivity index is 2.36. The smallest absolute Gasteiger partial charge is 0.283 e. The summed E-state index contributed by atoms with van der Waals surface area (Å²) < 4.78 is 26.7. The lowest BCUT2D eigenvalue weighted by Crippen LogP contribution is -2.16. The summed E-state index contributed by atoms with van der Waals surface area (Å²) in [7, 11) is -2.08. The van der Waals surface area contributed by atoms with Gasteiger partial charge < -0.3 is 5.32 Å². The second-order valence-corrected chi connectivity index (χ2v) is 5.96. The summed E-state index contributed by atoms with van der Waals surface area (Å²) in [4.78, 5) is 7.94. The van der Waals surface area contributed by atoms with Crippen LogP contribution >= 0.6 is 11.3 Å². The van der Waals surface area contributed by atoms with E-state index in [0.717, 1.165) is 5.69 Å². The van der Waals surface area contributed by atoms with E-state index < -0.39 is 10.0 Å². The van der Waals surface area contributed by atoms with Gasteiger partial charge in [0.2, 0.25) is 0 Å². The molecule has 0 aromatic carbocycles. The van der Waals surface area contributed by atoms with Crippen LogP contribution in [0.5, 0.6) is 0 Å². The number of aromatic nitrogens is 2. The fourth-order valence-electron chi connectivity index (χ4n) is 1.36. The van der Waals surface area contributed by atoms with E-state index in [-0.39, 0.29) is 5.03 Å². The lowest BCUT2D eigenvalue weighted by atomic mass is 10.4. The van der Waals surface area contributed by atoms with Gasteiger partial charge in [0, 0.05) is 18.6 Å². The molecule has 0 unspecified atom stereocenters. The SMILES string of the molecule is CNc1cccnc1S(=O)(=O)Nc1nc(C)cs1. The van der Waals surface area contributed by atoms with Crippen LogP contribution in [0.4, 0.5) is 10.8 Å². The first kappa shape index (κ1) is 12.8. The largest absolute Gasteiger partial charge is 0.386 e. The highest BCUT2D eigenvalue weighted by atomic mass is 32.2. The number of sulfonamides is 1. The average molecular weight is 284 g/mol. The molecule has 0 bridgehead atoms. The molecule has 0 aliphatic heterocycles. The number of anilines is 2. The Kier molecular flexibility index (Phi) is 3.48. The van der Waals surface area contributed by atoms with Gasteiger partial charge in [-0.05, 0) is 19.1 Å². The van der Waals surface area contributed by atoms with Crippen molar-refractivity contribution in [3.63, 3.8) is 0 Å². The maximum atomic E-state index is 12.1. The van der Waals surface area contributed by atoms with E-state index in [0.29, 0.717) is 10.8 Å². The van der Waals surface area contributed by atoms with Gasteiger partial charge in [-0.25, -0.2) is 9.97 Å². The van der Waals surface area contributed by atoms with Crippen LogP contribution in [0, 0.1) is 6.92 Å². The van der Waals surface area contributed by atoms with Crippen LogP contribution in [0.1, 0.15) is 5.69 Å². The molecule has 0 fully saturated rings. The maximum Gasteiger partial charge on any atom is 0.283 e. The standard InChI is InChI=1S/C10H12N4O2S2/c1-7-6-17-10(13-7)14-18(15,16)9-8(11-2)4-3-5-12-9/h3-6,11H,1-2H3,(H,13,14). The molecule has 8 heteroatoms. The number of pyridine rings is 1. The van der Waals surface area contributed by atoms with Gasteiger partial charge in [-0.15, -0.1) is 11.3 Å². The number of aryl methyl sites for hydroxylation is 1. The van der Waals surface area contributed by atoms with Gasteiger partial charge >= 0.3 is 0 Å². The molecule has 2 heterocycles. The molecule has 0 atom stereocenters. The van der Waals surface area contributed by atoms with Crippen LogP contribution < -0.4 is 10.0 Å². The zero-order chi connectivity index (χ0) is 13.2. The van der Waals surface area contributed by atoms with Gasteiger partial charge in [0.05, 0.1) is 11.4 Å². The first-order valence-corrected chi connectivity index (χ1v) is 7.47. The molecule has 0 saturated carbocycles. The van der Waals surface area contributed by atoms with Crippen LogP contribution in [0.3, 0.4) is 0 Å². The van der Waals surface area contributed by atoms with Crippen LogP contribution in [0.2, 0.25) is 0 Å². The Morgan fingerprint density at radius 1 is 1.39 bits per heavy atom. The fourth-order valence-corrected chi connectivity index (χ4v) is 3.44. The summed E-state index contributed by atoms with van der Waals surface area (Å²) >= 11 is 1.23. The second kappa shape index (κ2) is 4.91. The van der Waals surface area contributed by atoms with E-state index in [9.17, 15) is 8.42 Å². The molecule has 2 aromatic heterocycles. The molecule has 18 heavy (non-hydrogen) atoms. The van der Waals surface area contributed by atoms with E-state index in [1.165, 1.54) is 17.5 Å². The summed E-state index contributed by atoms with van der Waals surface area (Å²) in [5.41, 5.74) is 1.21. The van der Waals surface area contributed by atoms with Gasteiger partial charge in [-0.3, -0.25) is 4.72 Å². The molecule has 2 N–H and O–H groups in total. The minimum atomic E-state index is -3.72. The number of nitrogens with one attached hydrogen (secondary N) is 2. The van der Waals surface area contributed by atoms with Crippen LogP contribution in [-0.2, 0) is 10.0 Å². The molecule has 96 valence electrons. The van der Waals surface area contributed by atoms with Gasteiger partial charge in [0.1, 0.15) is 0 Å². The Morgan fingerprint density at radius 2 is 2.17 bits per heavy atom. The highest BCUT2D eigenvalue weighted by molar-refractivity contribution is 7.93. The molecule has 2 aromatic rings. The van der Waals surface area contributed by atoms with Crippen molar-refractivity contribution in [1.29, 1.82) is 0 Å². The number of hydrogen-bond acceptors (Lipinski definition) is 6. The Morgan fingerprint density at radius 3 is 2.78 bits per heavy atom. The van der Waals surface area contributed by atoms with Gasteiger partial charge in [0.15, 0.2) is 10.2 Å². The van der Waals surface area contributed by atoms with E-state index in [1.807, 2.05) is 0 Å². The van der Waals surface area contributed by atoms with Gasteiger partial charge in [0.25, 0.3) is 10.0 Å². The molecule has 0 radical (unpaired) electrons. The lowest BCUT2D eigenvalue weighted by molar-refractivity contribution is 0.598. The molecule has 0 spiro atoms. The monoisotopic (exact) mass is 284 g/mol. The third kappa shape index (κ3) is 2.59. The molecule has 0 aliphatic rings. The first-order valence-electron chi connectivity index (χ1n) is 5.10. The molecule has 6 nitrogen and oxygen atoms in total. The Labute approximate surface area is 109 Å². The summed E-state index contributed by atoms with van der Waals surface area (Å²) in [5.74, 6) is 0. The van der Waals surface area contributed by atoms with E-state index in [4.69, 9.17) is 0 Å². The molecule has 0 aliphatic carbocycles. The zero-order valence-corrected chi connectivity index (χ0v) is 11.5. The van der Waals surface area contributed by atoms with Crippen molar-refractivity contribution in [2.75, 3.05) is 17.1 Å². The van der Waals surface area contributed by atoms with Gasteiger partial charge in [-0.1, -0.05) is 0 Å². The zero-order valence-electron chi connectivity index (χ0n) is 9.84. The number of rotatable bonds is 4. The highest BCUT2D eigenvalue weighted by Crippen LogP contribution is 2.22. The summed E-state index contributed by atoms with van der Waals surface area (Å²) in [6.07, 6.45) is 1.43. The third-order valence-corrected chi connectivity index (χ3v) is 4.44. The van der Waals surface area contributed by atoms with Crippen molar-refractivity contribution in [2.24, 2.45) is 0 Å². The van der Waals surface area contributed by atoms with E-state index >= 15 is 0 Å². The molecule has 2 rings (SSSR count). The molecule has 0 saturated heterocycles. The predicted molar refractivity (Wildman–Crippen MR) is 71.4 cm³/mol. The van der Waals surface area contributed by atoms with Gasteiger partial charge in [-0.2, -0.15) is 8.42 Å². The highest BCUT2D eigenvalue weighted by Gasteiger charge is 2.20. The van der Waals surface area contributed by atoms with Crippen molar-refractivity contribution < 1.29 is 8.42 Å². The Bertz CT molecular complexity index is 651. The minimum absolute atomic E-state index is 0.0413. The topological polar surface area (TPSA) is 84.0 Å².